The molecule has 1 aliphatic rings. The van der Waals surface area contributed by atoms with Crippen LogP contribution < -0.4 is 0 Å². The van der Waals surface area contributed by atoms with Crippen LogP contribution in [0.25, 0.3) is 0 Å². The molecule has 0 nitrogen and oxygen atoms in total. The van der Waals surface area contributed by atoms with Gasteiger partial charge in [-0.3, -0.25) is 0 Å². The van der Waals surface area contributed by atoms with Gasteiger partial charge in [0, 0.05) is 5.92 Å². The molecule has 0 aliphatic heterocycles. The Labute approximate surface area is 66.6 Å². The molecule has 0 bridgehead atoms. The fourth-order valence-electron chi connectivity index (χ4n) is 0.813. The number of halogens is 1. The highest BCUT2D eigenvalue weighted by Gasteiger charge is 2.28. The maximum absolute atomic E-state index is 5.97. The summed E-state index contributed by atoms with van der Waals surface area (Å²) in [5, 5.41) is 0. The van der Waals surface area contributed by atoms with Gasteiger partial charge in [-0.05, 0) is 6.92 Å². The maximum Gasteiger partial charge on any atom is 0.129 e. The fourth-order valence-corrected chi connectivity index (χ4v) is 0.958. The minimum absolute atomic E-state index is 0.0239. The molecular weight excluding hydrogens is 144 g/mol. The Balaban J connectivity index is 2.91. The molecule has 1 aliphatic carbocycles. The molecule has 1 rings (SSSR count). The van der Waals surface area contributed by atoms with E-state index in [1.54, 1.807) is 6.08 Å². The summed E-state index contributed by atoms with van der Waals surface area (Å²) in [7, 11) is 0. The van der Waals surface area contributed by atoms with E-state index in [0.717, 1.165) is 0 Å². The highest BCUT2D eigenvalue weighted by molar-refractivity contribution is 6.28. The molecule has 0 aromatic rings. The predicted octanol–water partition coefficient (Wildman–Crippen LogP) is 2.17. The van der Waals surface area contributed by atoms with Crippen LogP contribution in [0.2, 0.25) is 0 Å². The molecule has 2 unspecified atom stereocenters. The van der Waals surface area contributed by atoms with Gasteiger partial charge in [0.15, 0.2) is 0 Å². The zero-order valence-electron chi connectivity index (χ0n) is 5.55. The summed E-state index contributed by atoms with van der Waals surface area (Å²) in [5.74, 6) is 2.47. The number of terminal acetylenes is 1. The Bertz CT molecular complexity index is 219. The van der Waals surface area contributed by atoms with Crippen molar-refractivity contribution in [2.75, 3.05) is 0 Å². The predicted molar refractivity (Wildman–Crippen MR) is 44.5 cm³/mol. The number of hydrogen-bond acceptors (Lipinski definition) is 0. The zero-order chi connectivity index (χ0) is 7.61. The summed E-state index contributed by atoms with van der Waals surface area (Å²) >= 11 is 5.97. The Morgan fingerprint density at radius 3 is 2.70 bits per heavy atom. The van der Waals surface area contributed by atoms with Gasteiger partial charge < -0.3 is 0 Å². The second kappa shape index (κ2) is 2.52. The standard InChI is InChI=1S/C9H8Cl/c1-3-9(10)7-5-4-6-8(9)2/h1,4-8H,2H2. The molecule has 0 aromatic heterocycles. The molecule has 2 atom stereocenters. The Hall–Kier alpha value is -0.670. The third-order valence-corrected chi connectivity index (χ3v) is 2.07. The molecule has 1 heteroatoms. The first-order valence-electron chi connectivity index (χ1n) is 3.05. The quantitative estimate of drug-likeness (QED) is 0.368. The molecule has 0 amide bonds. The van der Waals surface area contributed by atoms with E-state index in [-0.39, 0.29) is 5.92 Å². The van der Waals surface area contributed by atoms with Crippen LogP contribution in [0.15, 0.2) is 24.3 Å². The molecule has 0 saturated carbocycles. The second-order valence-corrected chi connectivity index (χ2v) is 2.89. The van der Waals surface area contributed by atoms with Crippen molar-refractivity contribution < 1.29 is 0 Å². The van der Waals surface area contributed by atoms with Crippen molar-refractivity contribution in [2.45, 2.75) is 4.87 Å². The third-order valence-electron chi connectivity index (χ3n) is 1.55. The van der Waals surface area contributed by atoms with E-state index >= 15 is 0 Å². The van der Waals surface area contributed by atoms with Gasteiger partial charge in [-0.1, -0.05) is 41.8 Å². The van der Waals surface area contributed by atoms with Gasteiger partial charge in [-0.15, -0.1) is 6.42 Å². The van der Waals surface area contributed by atoms with Crippen molar-refractivity contribution in [3.8, 4) is 12.3 Å². The van der Waals surface area contributed by atoms with Crippen molar-refractivity contribution in [1.29, 1.82) is 0 Å². The Morgan fingerprint density at radius 2 is 2.30 bits per heavy atom. The molecule has 10 heavy (non-hydrogen) atoms. The average Bonchev–Trinajstić information content (AvgIpc) is 1.96. The van der Waals surface area contributed by atoms with E-state index in [0.29, 0.717) is 0 Å². The summed E-state index contributed by atoms with van der Waals surface area (Å²) in [5.41, 5.74) is 0. The molecule has 51 valence electrons. The lowest BCUT2D eigenvalue weighted by atomic mass is 9.90. The van der Waals surface area contributed by atoms with Crippen molar-refractivity contribution >= 4 is 11.6 Å². The van der Waals surface area contributed by atoms with Crippen molar-refractivity contribution in [1.82, 2.24) is 0 Å². The van der Waals surface area contributed by atoms with Gasteiger partial charge in [-0.25, -0.2) is 0 Å². The molecule has 0 aromatic carbocycles. The van der Waals surface area contributed by atoms with Crippen molar-refractivity contribution in [3.63, 3.8) is 0 Å². The normalized spacial score (nSPS) is 37.5. The van der Waals surface area contributed by atoms with Crippen LogP contribution >= 0.6 is 11.6 Å². The van der Waals surface area contributed by atoms with Gasteiger partial charge in [-0.2, -0.15) is 0 Å². The highest BCUT2D eigenvalue weighted by Crippen LogP contribution is 2.29. The monoisotopic (exact) mass is 151 g/mol. The molecule has 0 fully saturated rings. The zero-order valence-corrected chi connectivity index (χ0v) is 6.31. The van der Waals surface area contributed by atoms with E-state index in [2.05, 4.69) is 12.8 Å². The smallest absolute Gasteiger partial charge is 0.118 e. The van der Waals surface area contributed by atoms with Gasteiger partial charge in [0.25, 0.3) is 0 Å². The lowest BCUT2D eigenvalue weighted by Gasteiger charge is -2.23. The molecule has 0 heterocycles. The molecule has 0 spiro atoms. The fraction of sp³-hybridized carbons (Fsp3) is 0.222. The number of hydrogen-bond donors (Lipinski definition) is 0. The molecule has 0 saturated heterocycles. The van der Waals surface area contributed by atoms with Gasteiger partial charge >= 0.3 is 0 Å². The minimum Gasteiger partial charge on any atom is -0.118 e. The summed E-state index contributed by atoms with van der Waals surface area (Å²) in [6.45, 7) is 3.81. The van der Waals surface area contributed by atoms with E-state index < -0.39 is 4.87 Å². The lowest BCUT2D eigenvalue weighted by molar-refractivity contribution is 0.722. The molecule has 1 radical (unpaired) electrons. The largest absolute Gasteiger partial charge is 0.129 e. The summed E-state index contributed by atoms with van der Waals surface area (Å²) < 4.78 is 0. The van der Waals surface area contributed by atoms with E-state index in [4.69, 9.17) is 18.0 Å². The summed E-state index contributed by atoms with van der Waals surface area (Å²) in [6.07, 6.45) is 12.6. The third kappa shape index (κ3) is 1.10. The first-order chi connectivity index (χ1) is 4.69. The molecule has 0 N–H and O–H groups in total. The van der Waals surface area contributed by atoms with E-state index in [9.17, 15) is 0 Å². The van der Waals surface area contributed by atoms with E-state index in [1.807, 2.05) is 18.2 Å². The van der Waals surface area contributed by atoms with Crippen LogP contribution in [0.3, 0.4) is 0 Å². The van der Waals surface area contributed by atoms with Crippen LogP contribution in [0.1, 0.15) is 0 Å². The van der Waals surface area contributed by atoms with Crippen LogP contribution in [-0.4, -0.2) is 4.87 Å². The Kier molecular flexibility index (Phi) is 1.87. The van der Waals surface area contributed by atoms with Crippen molar-refractivity contribution in [3.05, 3.63) is 31.2 Å². The van der Waals surface area contributed by atoms with Gasteiger partial charge in [0.05, 0.1) is 0 Å². The topological polar surface area (TPSA) is 0 Å². The van der Waals surface area contributed by atoms with Gasteiger partial charge in [0.2, 0.25) is 0 Å². The second-order valence-electron chi connectivity index (χ2n) is 2.26. The summed E-state index contributed by atoms with van der Waals surface area (Å²) in [6, 6.07) is 0. The van der Waals surface area contributed by atoms with E-state index in [1.165, 1.54) is 0 Å². The Morgan fingerprint density at radius 1 is 1.60 bits per heavy atom. The maximum atomic E-state index is 5.97. The van der Waals surface area contributed by atoms with Crippen molar-refractivity contribution in [2.24, 2.45) is 5.92 Å². The number of allylic oxidation sites excluding steroid dienone is 4. The van der Waals surface area contributed by atoms with Crippen LogP contribution in [-0.2, 0) is 0 Å². The van der Waals surface area contributed by atoms with Crippen LogP contribution in [0, 0.1) is 25.2 Å². The highest BCUT2D eigenvalue weighted by atomic mass is 35.5. The summed E-state index contributed by atoms with van der Waals surface area (Å²) in [4.78, 5) is -0.700. The van der Waals surface area contributed by atoms with Gasteiger partial charge in [0.1, 0.15) is 4.87 Å². The lowest BCUT2D eigenvalue weighted by Crippen LogP contribution is -2.25. The molecular formula is C9H8Cl. The first kappa shape index (κ1) is 7.44. The number of alkyl halides is 1. The van der Waals surface area contributed by atoms with Crippen LogP contribution in [0.4, 0.5) is 0 Å². The minimum atomic E-state index is -0.700. The SMILES string of the molecule is C#CC1(Cl)C=CC=CC1[CH2]. The number of rotatable bonds is 0. The average molecular weight is 152 g/mol. The van der Waals surface area contributed by atoms with Crippen LogP contribution in [0.5, 0.6) is 0 Å². The first-order valence-corrected chi connectivity index (χ1v) is 3.42.